The van der Waals surface area contributed by atoms with Gasteiger partial charge in [0, 0.05) is 17.8 Å². The van der Waals surface area contributed by atoms with Crippen molar-refractivity contribution in [1.82, 2.24) is 0 Å². The molecule has 4 heteroatoms. The highest BCUT2D eigenvalue weighted by atomic mass is 32.1. The van der Waals surface area contributed by atoms with Crippen molar-refractivity contribution in [1.29, 1.82) is 0 Å². The zero-order valence-electron chi connectivity index (χ0n) is 7.36. The molecule has 0 fully saturated rings. The number of carbonyl (C=O) groups is 1. The summed E-state index contributed by atoms with van der Waals surface area (Å²) in [5.41, 5.74) is 5.22. The molecule has 1 heterocycles. The molecule has 1 aromatic heterocycles. The average molecular weight is 199 g/mol. The van der Waals surface area contributed by atoms with E-state index in [1.165, 1.54) is 0 Å². The van der Waals surface area contributed by atoms with E-state index in [4.69, 9.17) is 10.5 Å². The predicted molar refractivity (Wildman–Crippen MR) is 52.9 cm³/mol. The summed E-state index contributed by atoms with van der Waals surface area (Å²) < 4.78 is 5.02. The summed E-state index contributed by atoms with van der Waals surface area (Å²) in [5, 5.41) is 1.96. The van der Waals surface area contributed by atoms with Crippen LogP contribution in [0.25, 0.3) is 0 Å². The van der Waals surface area contributed by atoms with Crippen molar-refractivity contribution in [2.75, 3.05) is 19.8 Å². The molecule has 0 aliphatic rings. The normalized spacial score (nSPS) is 10.2. The molecule has 13 heavy (non-hydrogen) atoms. The van der Waals surface area contributed by atoms with Crippen molar-refractivity contribution in [3.8, 4) is 0 Å². The smallest absolute Gasteiger partial charge is 0.163 e. The highest BCUT2D eigenvalue weighted by Gasteiger charge is 2.03. The lowest BCUT2D eigenvalue weighted by molar-refractivity contribution is -0.122. The maximum absolute atomic E-state index is 11.2. The molecule has 0 spiro atoms. The van der Waals surface area contributed by atoms with Crippen molar-refractivity contribution in [2.24, 2.45) is 5.73 Å². The summed E-state index contributed by atoms with van der Waals surface area (Å²) in [6, 6.07) is 3.89. The molecule has 0 aromatic carbocycles. The van der Waals surface area contributed by atoms with Crippen molar-refractivity contribution in [3.05, 3.63) is 22.4 Å². The second kappa shape index (κ2) is 5.85. The lowest BCUT2D eigenvalue weighted by Crippen LogP contribution is -2.15. The number of carbonyl (C=O) groups excluding carboxylic acids is 1. The Bertz CT molecular complexity index is 246. The van der Waals surface area contributed by atoms with E-state index in [0.717, 1.165) is 4.88 Å². The van der Waals surface area contributed by atoms with E-state index < -0.39 is 0 Å². The third-order valence-electron chi connectivity index (χ3n) is 1.48. The molecule has 0 radical (unpaired) electrons. The molecule has 0 saturated heterocycles. The SMILES string of the molecule is NCCOCC(=O)Cc1cccs1. The molecule has 0 saturated carbocycles. The lowest BCUT2D eigenvalue weighted by Gasteiger charge is -1.99. The summed E-state index contributed by atoms with van der Waals surface area (Å²) in [6.45, 7) is 1.09. The van der Waals surface area contributed by atoms with Gasteiger partial charge >= 0.3 is 0 Å². The van der Waals surface area contributed by atoms with Crippen LogP contribution in [0.5, 0.6) is 0 Å². The zero-order chi connectivity index (χ0) is 9.52. The van der Waals surface area contributed by atoms with Crippen LogP contribution >= 0.6 is 11.3 Å². The Morgan fingerprint density at radius 2 is 2.46 bits per heavy atom. The Labute approximate surface area is 81.5 Å². The predicted octanol–water partition coefficient (Wildman–Crippen LogP) is 0.835. The fraction of sp³-hybridized carbons (Fsp3) is 0.444. The van der Waals surface area contributed by atoms with Crippen LogP contribution in [0.15, 0.2) is 17.5 Å². The fourth-order valence-corrected chi connectivity index (χ4v) is 1.66. The van der Waals surface area contributed by atoms with E-state index in [1.54, 1.807) is 11.3 Å². The maximum atomic E-state index is 11.2. The van der Waals surface area contributed by atoms with Crippen LogP contribution in [0.4, 0.5) is 0 Å². The third-order valence-corrected chi connectivity index (χ3v) is 2.35. The van der Waals surface area contributed by atoms with Gasteiger partial charge in [0.15, 0.2) is 5.78 Å². The van der Waals surface area contributed by atoms with Crippen LogP contribution in [0.1, 0.15) is 4.88 Å². The van der Waals surface area contributed by atoms with E-state index in [9.17, 15) is 4.79 Å². The summed E-state index contributed by atoms with van der Waals surface area (Å²) in [6.07, 6.45) is 0.474. The van der Waals surface area contributed by atoms with Gasteiger partial charge in [-0.15, -0.1) is 11.3 Å². The summed E-state index contributed by atoms with van der Waals surface area (Å²) in [5.74, 6) is 0.107. The Morgan fingerprint density at radius 1 is 1.62 bits per heavy atom. The Kier molecular flexibility index (Phi) is 4.67. The first-order valence-electron chi connectivity index (χ1n) is 4.15. The van der Waals surface area contributed by atoms with Crippen LogP contribution in [0.2, 0.25) is 0 Å². The van der Waals surface area contributed by atoms with E-state index in [2.05, 4.69) is 0 Å². The second-order valence-corrected chi connectivity index (χ2v) is 3.67. The van der Waals surface area contributed by atoms with Gasteiger partial charge < -0.3 is 10.5 Å². The molecule has 0 unspecified atom stereocenters. The first-order valence-corrected chi connectivity index (χ1v) is 5.03. The van der Waals surface area contributed by atoms with E-state index in [-0.39, 0.29) is 12.4 Å². The third kappa shape index (κ3) is 4.17. The molecule has 72 valence electrons. The van der Waals surface area contributed by atoms with Gasteiger partial charge in [0.1, 0.15) is 6.61 Å². The molecule has 2 N–H and O–H groups in total. The lowest BCUT2D eigenvalue weighted by atomic mass is 10.2. The highest BCUT2D eigenvalue weighted by molar-refractivity contribution is 7.10. The van der Waals surface area contributed by atoms with Crippen LogP contribution in [-0.2, 0) is 16.0 Å². The Morgan fingerprint density at radius 3 is 3.08 bits per heavy atom. The van der Waals surface area contributed by atoms with Gasteiger partial charge in [0.2, 0.25) is 0 Å². The first-order chi connectivity index (χ1) is 6.33. The van der Waals surface area contributed by atoms with Crippen molar-refractivity contribution in [2.45, 2.75) is 6.42 Å². The number of rotatable bonds is 6. The average Bonchev–Trinajstić information content (AvgIpc) is 2.57. The second-order valence-electron chi connectivity index (χ2n) is 2.64. The van der Waals surface area contributed by atoms with Crippen molar-refractivity contribution >= 4 is 17.1 Å². The number of thiophene rings is 1. The topological polar surface area (TPSA) is 52.3 Å². The van der Waals surface area contributed by atoms with Gasteiger partial charge in [-0.2, -0.15) is 0 Å². The van der Waals surface area contributed by atoms with Crippen molar-refractivity contribution < 1.29 is 9.53 Å². The molecule has 3 nitrogen and oxygen atoms in total. The van der Waals surface area contributed by atoms with Crippen molar-refractivity contribution in [3.63, 3.8) is 0 Å². The molecular weight excluding hydrogens is 186 g/mol. The monoisotopic (exact) mass is 199 g/mol. The van der Waals surface area contributed by atoms with E-state index in [1.807, 2.05) is 17.5 Å². The van der Waals surface area contributed by atoms with Crippen LogP contribution in [0, 0.1) is 0 Å². The van der Waals surface area contributed by atoms with Gasteiger partial charge in [-0.1, -0.05) is 6.07 Å². The molecular formula is C9H13NO2S. The van der Waals surface area contributed by atoms with Gasteiger partial charge in [0.25, 0.3) is 0 Å². The number of hydrogen-bond donors (Lipinski definition) is 1. The quantitative estimate of drug-likeness (QED) is 0.691. The number of ether oxygens (including phenoxy) is 1. The number of ketones is 1. The number of hydrogen-bond acceptors (Lipinski definition) is 4. The summed E-state index contributed by atoms with van der Waals surface area (Å²) in [4.78, 5) is 12.3. The summed E-state index contributed by atoms with van der Waals surface area (Å²) >= 11 is 1.59. The molecule has 0 bridgehead atoms. The zero-order valence-corrected chi connectivity index (χ0v) is 8.18. The number of nitrogens with two attached hydrogens (primary N) is 1. The van der Waals surface area contributed by atoms with Gasteiger partial charge in [-0.3, -0.25) is 4.79 Å². The molecule has 0 aliphatic carbocycles. The van der Waals surface area contributed by atoms with Gasteiger partial charge in [-0.05, 0) is 11.4 Å². The molecule has 1 aromatic rings. The minimum absolute atomic E-state index is 0.107. The number of Topliss-reactive ketones (excluding diaryl/α,β-unsaturated/α-hetero) is 1. The molecule has 0 amide bonds. The Balaban J connectivity index is 2.18. The minimum Gasteiger partial charge on any atom is -0.372 e. The van der Waals surface area contributed by atoms with Crippen LogP contribution < -0.4 is 5.73 Å². The van der Waals surface area contributed by atoms with Gasteiger partial charge in [-0.25, -0.2) is 0 Å². The Hall–Kier alpha value is -0.710. The highest BCUT2D eigenvalue weighted by Crippen LogP contribution is 2.09. The fourth-order valence-electron chi connectivity index (χ4n) is 0.928. The van der Waals surface area contributed by atoms with E-state index in [0.29, 0.717) is 19.6 Å². The van der Waals surface area contributed by atoms with Crippen LogP contribution in [0.3, 0.4) is 0 Å². The molecule has 0 atom stereocenters. The molecule has 0 aliphatic heterocycles. The first kappa shape index (κ1) is 10.4. The molecule has 1 rings (SSSR count). The summed E-state index contributed by atoms with van der Waals surface area (Å²) in [7, 11) is 0. The minimum atomic E-state index is 0.107. The van der Waals surface area contributed by atoms with E-state index >= 15 is 0 Å². The largest absolute Gasteiger partial charge is 0.372 e. The maximum Gasteiger partial charge on any atom is 0.163 e. The standard InChI is InChI=1S/C9H13NO2S/c10-3-4-12-7-8(11)6-9-2-1-5-13-9/h1-2,5H,3-4,6-7,10H2. The van der Waals surface area contributed by atoms with Crippen LogP contribution in [-0.4, -0.2) is 25.5 Å². The van der Waals surface area contributed by atoms with Gasteiger partial charge in [0.05, 0.1) is 6.61 Å².